The summed E-state index contributed by atoms with van der Waals surface area (Å²) in [6.45, 7) is 1.32. The van der Waals surface area contributed by atoms with Gasteiger partial charge in [-0.2, -0.15) is 13.8 Å². The van der Waals surface area contributed by atoms with E-state index in [0.717, 1.165) is 5.56 Å². The molecule has 0 saturated heterocycles. The molecule has 1 amide bonds. The first kappa shape index (κ1) is 20.4. The van der Waals surface area contributed by atoms with E-state index >= 15 is 0 Å². The first-order valence-electron chi connectivity index (χ1n) is 9.18. The molecule has 0 aliphatic heterocycles. The van der Waals surface area contributed by atoms with E-state index in [0.29, 0.717) is 23.3 Å². The number of nitrogens with one attached hydrogen (secondary N) is 1. The highest BCUT2D eigenvalue weighted by molar-refractivity contribution is 5.90. The standard InChI is InChI=1S/C21H21F2N3O3/c1-13(2)14-6-8-15(9-7-14)20-25-19(29-26-20)11-10-18(27)24-16-4-3-5-17(12-16)28-21(22)23/h3-9,12-13,21H,10-11H2,1-2H3,(H,24,27). The van der Waals surface area contributed by atoms with Crippen LogP contribution in [0.15, 0.2) is 53.1 Å². The second kappa shape index (κ2) is 9.27. The molecule has 8 heteroatoms. The number of ether oxygens (including phenoxy) is 1. The average molecular weight is 401 g/mol. The van der Waals surface area contributed by atoms with Crippen molar-refractivity contribution in [1.82, 2.24) is 10.1 Å². The summed E-state index contributed by atoms with van der Waals surface area (Å²) < 4.78 is 34.1. The van der Waals surface area contributed by atoms with Crippen molar-refractivity contribution in [3.8, 4) is 17.1 Å². The van der Waals surface area contributed by atoms with Gasteiger partial charge in [-0.25, -0.2) is 0 Å². The van der Waals surface area contributed by atoms with Gasteiger partial charge in [-0.1, -0.05) is 49.3 Å². The topological polar surface area (TPSA) is 77.2 Å². The Hall–Kier alpha value is -3.29. The second-order valence-corrected chi connectivity index (χ2v) is 6.74. The van der Waals surface area contributed by atoms with Crippen molar-refractivity contribution in [2.24, 2.45) is 0 Å². The summed E-state index contributed by atoms with van der Waals surface area (Å²) in [7, 11) is 0. The average Bonchev–Trinajstić information content (AvgIpc) is 3.15. The minimum Gasteiger partial charge on any atom is -0.435 e. The van der Waals surface area contributed by atoms with Crippen molar-refractivity contribution in [1.29, 1.82) is 0 Å². The minimum absolute atomic E-state index is 0.0252. The van der Waals surface area contributed by atoms with Crippen LogP contribution in [0, 0.1) is 0 Å². The van der Waals surface area contributed by atoms with Crippen molar-refractivity contribution in [3.63, 3.8) is 0 Å². The Morgan fingerprint density at radius 2 is 1.93 bits per heavy atom. The number of aryl methyl sites for hydroxylation is 1. The van der Waals surface area contributed by atoms with Crippen LogP contribution in [0.3, 0.4) is 0 Å². The third kappa shape index (κ3) is 5.84. The molecule has 0 fully saturated rings. The highest BCUT2D eigenvalue weighted by atomic mass is 19.3. The second-order valence-electron chi connectivity index (χ2n) is 6.74. The smallest absolute Gasteiger partial charge is 0.387 e. The van der Waals surface area contributed by atoms with Gasteiger partial charge in [0.15, 0.2) is 0 Å². The molecule has 6 nitrogen and oxygen atoms in total. The Kier molecular flexibility index (Phi) is 6.54. The molecule has 1 aromatic heterocycles. The number of halogens is 2. The normalized spacial score (nSPS) is 11.1. The molecule has 0 atom stereocenters. The van der Waals surface area contributed by atoms with Crippen LogP contribution in [0.1, 0.15) is 37.6 Å². The maximum absolute atomic E-state index is 12.3. The first-order valence-corrected chi connectivity index (χ1v) is 9.18. The first-order chi connectivity index (χ1) is 13.9. The van der Waals surface area contributed by atoms with E-state index in [1.54, 1.807) is 6.07 Å². The monoisotopic (exact) mass is 401 g/mol. The fourth-order valence-electron chi connectivity index (χ4n) is 2.68. The third-order valence-electron chi connectivity index (χ3n) is 4.21. The van der Waals surface area contributed by atoms with Crippen molar-refractivity contribution < 1.29 is 22.8 Å². The summed E-state index contributed by atoms with van der Waals surface area (Å²) in [6, 6.07) is 13.7. The van der Waals surface area contributed by atoms with E-state index in [-0.39, 0.29) is 24.5 Å². The van der Waals surface area contributed by atoms with Crippen molar-refractivity contribution >= 4 is 11.6 Å². The Morgan fingerprint density at radius 3 is 2.62 bits per heavy atom. The molecule has 0 radical (unpaired) electrons. The van der Waals surface area contributed by atoms with Crippen LogP contribution in [0.25, 0.3) is 11.4 Å². The lowest BCUT2D eigenvalue weighted by Crippen LogP contribution is -2.12. The van der Waals surface area contributed by atoms with Crippen molar-refractivity contribution in [2.45, 2.75) is 39.2 Å². The molecule has 0 spiro atoms. The van der Waals surface area contributed by atoms with Crippen LogP contribution in [-0.4, -0.2) is 22.7 Å². The molecule has 1 heterocycles. The molecular weight excluding hydrogens is 380 g/mol. The number of rotatable bonds is 8. The number of carbonyl (C=O) groups is 1. The molecule has 1 N–H and O–H groups in total. The van der Waals surface area contributed by atoms with E-state index in [1.807, 2.05) is 24.3 Å². The van der Waals surface area contributed by atoms with Gasteiger partial charge in [0, 0.05) is 30.2 Å². The fraction of sp³-hybridized carbons (Fsp3) is 0.286. The molecule has 3 aromatic rings. The highest BCUT2D eigenvalue weighted by Gasteiger charge is 2.12. The zero-order valence-corrected chi connectivity index (χ0v) is 16.1. The maximum Gasteiger partial charge on any atom is 0.387 e. The zero-order valence-electron chi connectivity index (χ0n) is 16.1. The molecule has 2 aromatic carbocycles. The molecule has 3 rings (SSSR count). The minimum atomic E-state index is -2.92. The van der Waals surface area contributed by atoms with Gasteiger partial charge in [0.25, 0.3) is 0 Å². The number of amides is 1. The van der Waals surface area contributed by atoms with Gasteiger partial charge in [0.1, 0.15) is 5.75 Å². The lowest BCUT2D eigenvalue weighted by Gasteiger charge is -2.08. The number of hydrogen-bond acceptors (Lipinski definition) is 5. The molecule has 0 saturated carbocycles. The zero-order chi connectivity index (χ0) is 20.8. The highest BCUT2D eigenvalue weighted by Crippen LogP contribution is 2.21. The maximum atomic E-state index is 12.3. The summed E-state index contributed by atoms with van der Waals surface area (Å²) in [5, 5.41) is 6.58. The molecule has 0 aliphatic rings. The number of aromatic nitrogens is 2. The summed E-state index contributed by atoms with van der Waals surface area (Å²) >= 11 is 0. The van der Waals surface area contributed by atoms with Gasteiger partial charge >= 0.3 is 6.61 Å². The van der Waals surface area contributed by atoms with Crippen LogP contribution in [0.4, 0.5) is 14.5 Å². The van der Waals surface area contributed by atoms with Crippen LogP contribution in [0.2, 0.25) is 0 Å². The number of benzene rings is 2. The lowest BCUT2D eigenvalue weighted by molar-refractivity contribution is -0.116. The van der Waals surface area contributed by atoms with Gasteiger partial charge in [-0.05, 0) is 23.6 Å². The Morgan fingerprint density at radius 1 is 1.17 bits per heavy atom. The van der Waals surface area contributed by atoms with E-state index < -0.39 is 6.61 Å². The predicted octanol–water partition coefficient (Wildman–Crippen LogP) is 5.03. The van der Waals surface area contributed by atoms with Gasteiger partial charge in [0.2, 0.25) is 17.6 Å². The van der Waals surface area contributed by atoms with Crippen LogP contribution >= 0.6 is 0 Å². The summed E-state index contributed by atoms with van der Waals surface area (Å²) in [5.74, 6) is 0.916. The van der Waals surface area contributed by atoms with Gasteiger partial charge in [0.05, 0.1) is 0 Å². The number of carbonyl (C=O) groups excluding carboxylic acids is 1. The van der Waals surface area contributed by atoms with E-state index in [2.05, 4.69) is 34.0 Å². The van der Waals surface area contributed by atoms with Crippen LogP contribution < -0.4 is 10.1 Å². The summed E-state index contributed by atoms with van der Waals surface area (Å²) in [4.78, 5) is 16.4. The third-order valence-corrected chi connectivity index (χ3v) is 4.21. The Balaban J connectivity index is 1.55. The lowest BCUT2D eigenvalue weighted by atomic mass is 10.0. The molecule has 0 aliphatic carbocycles. The van der Waals surface area contributed by atoms with E-state index in [9.17, 15) is 13.6 Å². The Bertz CT molecular complexity index is 956. The quantitative estimate of drug-likeness (QED) is 0.573. The van der Waals surface area contributed by atoms with Crippen molar-refractivity contribution in [2.75, 3.05) is 5.32 Å². The number of hydrogen-bond donors (Lipinski definition) is 1. The van der Waals surface area contributed by atoms with Gasteiger partial charge in [-0.3, -0.25) is 4.79 Å². The predicted molar refractivity (Wildman–Crippen MR) is 104 cm³/mol. The van der Waals surface area contributed by atoms with E-state index in [4.69, 9.17) is 4.52 Å². The number of nitrogens with zero attached hydrogens (tertiary/aromatic N) is 2. The molecular formula is C21H21F2N3O3. The molecule has 29 heavy (non-hydrogen) atoms. The fourth-order valence-corrected chi connectivity index (χ4v) is 2.68. The van der Waals surface area contributed by atoms with E-state index in [1.165, 1.54) is 23.8 Å². The van der Waals surface area contributed by atoms with Crippen molar-refractivity contribution in [3.05, 3.63) is 60.0 Å². The number of alkyl halides is 2. The largest absolute Gasteiger partial charge is 0.435 e. The van der Waals surface area contributed by atoms with Crippen LogP contribution in [0.5, 0.6) is 5.75 Å². The van der Waals surface area contributed by atoms with Gasteiger partial charge in [-0.15, -0.1) is 0 Å². The Labute approximate surface area is 166 Å². The molecule has 0 unspecified atom stereocenters. The summed E-state index contributed by atoms with van der Waals surface area (Å²) in [5.41, 5.74) is 2.42. The van der Waals surface area contributed by atoms with Crippen LogP contribution in [-0.2, 0) is 11.2 Å². The molecule has 0 bridgehead atoms. The molecule has 152 valence electrons. The SMILES string of the molecule is CC(C)c1ccc(-c2noc(CCC(=O)Nc3cccc(OC(F)F)c3)n2)cc1. The number of anilines is 1. The van der Waals surface area contributed by atoms with Gasteiger partial charge < -0.3 is 14.6 Å². The summed E-state index contributed by atoms with van der Waals surface area (Å²) in [6.07, 6.45) is 0.365.